The SMILES string of the molecule is Cc1ccnc(NC(=O)c2sccc2OC(F)F)n1. The summed E-state index contributed by atoms with van der Waals surface area (Å²) in [5.41, 5.74) is 0.681. The number of aromatic nitrogens is 2. The number of thiophene rings is 1. The van der Waals surface area contributed by atoms with Gasteiger partial charge >= 0.3 is 6.61 Å². The van der Waals surface area contributed by atoms with Crippen LogP contribution in [-0.4, -0.2) is 22.5 Å². The highest BCUT2D eigenvalue weighted by molar-refractivity contribution is 7.12. The van der Waals surface area contributed by atoms with Crippen LogP contribution in [0.25, 0.3) is 0 Å². The Balaban J connectivity index is 2.14. The van der Waals surface area contributed by atoms with Gasteiger partial charge in [0.25, 0.3) is 5.91 Å². The topological polar surface area (TPSA) is 64.1 Å². The van der Waals surface area contributed by atoms with Crippen molar-refractivity contribution in [1.29, 1.82) is 0 Å². The number of anilines is 1. The van der Waals surface area contributed by atoms with E-state index in [2.05, 4.69) is 20.0 Å². The molecule has 0 aromatic carbocycles. The summed E-state index contributed by atoms with van der Waals surface area (Å²) in [6.45, 7) is -1.23. The van der Waals surface area contributed by atoms with E-state index >= 15 is 0 Å². The van der Waals surface area contributed by atoms with Crippen LogP contribution in [0.5, 0.6) is 5.75 Å². The van der Waals surface area contributed by atoms with Crippen LogP contribution in [0, 0.1) is 6.92 Å². The maximum absolute atomic E-state index is 12.1. The molecule has 0 fully saturated rings. The second-order valence-corrected chi connectivity index (χ2v) is 4.38. The molecule has 0 aliphatic heterocycles. The summed E-state index contributed by atoms with van der Waals surface area (Å²) in [6.07, 6.45) is 1.49. The van der Waals surface area contributed by atoms with Crippen molar-refractivity contribution >= 4 is 23.2 Å². The monoisotopic (exact) mass is 285 g/mol. The van der Waals surface area contributed by atoms with Crippen molar-refractivity contribution in [2.45, 2.75) is 13.5 Å². The van der Waals surface area contributed by atoms with E-state index in [1.807, 2.05) is 0 Å². The number of nitrogens with one attached hydrogen (secondary N) is 1. The van der Waals surface area contributed by atoms with Gasteiger partial charge in [0.15, 0.2) is 0 Å². The third-order valence-corrected chi connectivity index (χ3v) is 2.97. The second-order valence-electron chi connectivity index (χ2n) is 3.47. The molecule has 5 nitrogen and oxygen atoms in total. The Morgan fingerprint density at radius 1 is 1.47 bits per heavy atom. The number of aryl methyl sites for hydroxylation is 1. The fourth-order valence-electron chi connectivity index (χ4n) is 1.32. The number of hydrogen-bond donors (Lipinski definition) is 1. The van der Waals surface area contributed by atoms with Gasteiger partial charge in [-0.15, -0.1) is 11.3 Å². The molecule has 0 radical (unpaired) electrons. The first-order chi connectivity index (χ1) is 9.06. The summed E-state index contributed by atoms with van der Waals surface area (Å²) in [5, 5.41) is 3.91. The third-order valence-electron chi connectivity index (χ3n) is 2.07. The molecular formula is C11H9F2N3O2S. The zero-order valence-corrected chi connectivity index (χ0v) is 10.6. The molecule has 0 unspecified atom stereocenters. The van der Waals surface area contributed by atoms with Crippen molar-refractivity contribution < 1.29 is 18.3 Å². The molecule has 1 N–H and O–H groups in total. The van der Waals surface area contributed by atoms with Crippen molar-refractivity contribution in [2.75, 3.05) is 5.32 Å². The first-order valence-electron chi connectivity index (χ1n) is 5.19. The van der Waals surface area contributed by atoms with E-state index in [-0.39, 0.29) is 16.6 Å². The quantitative estimate of drug-likeness (QED) is 0.938. The van der Waals surface area contributed by atoms with Gasteiger partial charge in [0.2, 0.25) is 5.95 Å². The highest BCUT2D eigenvalue weighted by Crippen LogP contribution is 2.26. The molecule has 2 heterocycles. The van der Waals surface area contributed by atoms with Gasteiger partial charge in [-0.2, -0.15) is 8.78 Å². The molecular weight excluding hydrogens is 276 g/mol. The van der Waals surface area contributed by atoms with Crippen LogP contribution in [0.4, 0.5) is 14.7 Å². The number of amides is 1. The van der Waals surface area contributed by atoms with E-state index < -0.39 is 12.5 Å². The summed E-state index contributed by atoms with van der Waals surface area (Å²) in [6, 6.07) is 2.98. The maximum atomic E-state index is 12.1. The van der Waals surface area contributed by atoms with Gasteiger partial charge in [-0.25, -0.2) is 9.97 Å². The van der Waals surface area contributed by atoms with Crippen LogP contribution in [0.3, 0.4) is 0 Å². The Bertz CT molecular complexity index is 589. The Kier molecular flexibility index (Phi) is 4.00. The Labute approximate surface area is 111 Å². The number of ether oxygens (including phenoxy) is 1. The molecule has 2 aromatic rings. The first-order valence-corrected chi connectivity index (χ1v) is 6.07. The molecule has 1 amide bonds. The number of alkyl halides is 2. The Morgan fingerprint density at radius 2 is 2.26 bits per heavy atom. The molecule has 0 spiro atoms. The number of carbonyl (C=O) groups excluding carboxylic acids is 1. The molecule has 0 bridgehead atoms. The van der Waals surface area contributed by atoms with Gasteiger partial charge in [-0.05, 0) is 24.4 Å². The third kappa shape index (κ3) is 3.44. The average Bonchev–Trinajstić information content (AvgIpc) is 2.76. The summed E-state index contributed by atoms with van der Waals surface area (Å²) < 4.78 is 28.5. The number of hydrogen-bond acceptors (Lipinski definition) is 5. The largest absolute Gasteiger partial charge is 0.433 e. The zero-order valence-electron chi connectivity index (χ0n) is 9.76. The zero-order chi connectivity index (χ0) is 13.8. The van der Waals surface area contributed by atoms with Crippen LogP contribution < -0.4 is 10.1 Å². The molecule has 0 atom stereocenters. The van der Waals surface area contributed by atoms with Crippen molar-refractivity contribution in [1.82, 2.24) is 9.97 Å². The second kappa shape index (κ2) is 5.70. The van der Waals surface area contributed by atoms with Gasteiger partial charge in [-0.3, -0.25) is 10.1 Å². The first kappa shape index (κ1) is 13.3. The van der Waals surface area contributed by atoms with Crippen LogP contribution >= 0.6 is 11.3 Å². The molecule has 0 saturated heterocycles. The van der Waals surface area contributed by atoms with Crippen molar-refractivity contribution in [3.8, 4) is 5.75 Å². The highest BCUT2D eigenvalue weighted by atomic mass is 32.1. The molecule has 0 saturated carbocycles. The summed E-state index contributed by atoms with van der Waals surface area (Å²) >= 11 is 0.997. The number of rotatable bonds is 4. The predicted octanol–water partition coefficient (Wildman–Crippen LogP) is 2.70. The highest BCUT2D eigenvalue weighted by Gasteiger charge is 2.18. The van der Waals surface area contributed by atoms with Crippen LogP contribution in [0.2, 0.25) is 0 Å². The molecule has 2 aromatic heterocycles. The predicted molar refractivity (Wildman–Crippen MR) is 65.7 cm³/mol. The van der Waals surface area contributed by atoms with Gasteiger partial charge in [0, 0.05) is 11.9 Å². The lowest BCUT2D eigenvalue weighted by Crippen LogP contribution is -2.15. The van der Waals surface area contributed by atoms with Crippen molar-refractivity contribution in [3.05, 3.63) is 34.3 Å². The summed E-state index contributed by atoms with van der Waals surface area (Å²) in [5.74, 6) is -0.636. The Morgan fingerprint density at radius 3 is 2.95 bits per heavy atom. The fraction of sp³-hybridized carbons (Fsp3) is 0.182. The van der Waals surface area contributed by atoms with Gasteiger partial charge in [-0.1, -0.05) is 0 Å². The van der Waals surface area contributed by atoms with E-state index in [4.69, 9.17) is 0 Å². The van der Waals surface area contributed by atoms with Crippen LogP contribution in [-0.2, 0) is 0 Å². The normalized spacial score (nSPS) is 10.5. The van der Waals surface area contributed by atoms with Crippen LogP contribution in [0.15, 0.2) is 23.7 Å². The molecule has 8 heteroatoms. The van der Waals surface area contributed by atoms with Crippen molar-refractivity contribution in [3.63, 3.8) is 0 Å². The van der Waals surface area contributed by atoms with E-state index in [1.165, 1.54) is 17.6 Å². The number of halogens is 2. The van der Waals surface area contributed by atoms with Gasteiger partial charge in [0.05, 0.1) is 0 Å². The molecule has 2 rings (SSSR count). The van der Waals surface area contributed by atoms with Gasteiger partial charge < -0.3 is 4.74 Å². The van der Waals surface area contributed by atoms with E-state index in [9.17, 15) is 13.6 Å². The minimum absolute atomic E-state index is 0.0467. The average molecular weight is 285 g/mol. The smallest absolute Gasteiger partial charge is 0.387 e. The number of nitrogens with zero attached hydrogens (tertiary/aromatic N) is 2. The molecule has 0 aliphatic carbocycles. The molecule has 0 aliphatic rings. The van der Waals surface area contributed by atoms with Crippen LogP contribution in [0.1, 0.15) is 15.4 Å². The van der Waals surface area contributed by atoms with E-state index in [1.54, 1.807) is 13.0 Å². The standard InChI is InChI=1S/C11H9F2N3O2S/c1-6-2-4-14-11(15-6)16-9(17)8-7(3-5-19-8)18-10(12)13/h2-5,10H,1H3,(H,14,15,16,17). The summed E-state index contributed by atoms with van der Waals surface area (Å²) in [4.78, 5) is 19.8. The lowest BCUT2D eigenvalue weighted by Gasteiger charge is -2.06. The molecule has 100 valence electrons. The van der Waals surface area contributed by atoms with Crippen molar-refractivity contribution in [2.24, 2.45) is 0 Å². The Hall–Kier alpha value is -2.09. The summed E-state index contributed by atoms with van der Waals surface area (Å²) in [7, 11) is 0. The van der Waals surface area contributed by atoms with E-state index in [0.29, 0.717) is 5.69 Å². The lowest BCUT2D eigenvalue weighted by molar-refractivity contribution is -0.0498. The fourth-order valence-corrected chi connectivity index (χ4v) is 2.04. The van der Waals surface area contributed by atoms with Gasteiger partial charge in [0.1, 0.15) is 10.6 Å². The maximum Gasteiger partial charge on any atom is 0.387 e. The molecule has 19 heavy (non-hydrogen) atoms. The lowest BCUT2D eigenvalue weighted by atomic mass is 10.4. The van der Waals surface area contributed by atoms with E-state index in [0.717, 1.165) is 11.3 Å². The minimum Gasteiger partial charge on any atom is -0.433 e. The number of carbonyl (C=O) groups is 1. The minimum atomic E-state index is -2.98.